The first-order valence-electron chi connectivity index (χ1n) is 27.6. The van der Waals surface area contributed by atoms with Gasteiger partial charge in [0.25, 0.3) is 0 Å². The molecule has 0 saturated heterocycles. The summed E-state index contributed by atoms with van der Waals surface area (Å²) in [5.41, 5.74) is 5.55. The Morgan fingerprint density at radius 2 is 1.55 bits per heavy atom. The minimum atomic E-state index is -1.31. The zero-order valence-corrected chi connectivity index (χ0v) is 43.9. The molecule has 75 heavy (non-hydrogen) atoms. The van der Waals surface area contributed by atoms with Crippen molar-refractivity contribution < 1.29 is 48.3 Å². The van der Waals surface area contributed by atoms with Crippen LogP contribution in [0.25, 0.3) is 11.0 Å². The van der Waals surface area contributed by atoms with Gasteiger partial charge >= 0.3 is 17.6 Å². The lowest BCUT2D eigenvalue weighted by molar-refractivity contribution is -0.201. The first-order chi connectivity index (χ1) is 36.5. The van der Waals surface area contributed by atoms with E-state index in [4.69, 9.17) is 23.4 Å². The molecule has 11 nitrogen and oxygen atoms in total. The summed E-state index contributed by atoms with van der Waals surface area (Å²) in [5, 5.41) is 32.1. The molecule has 2 bridgehead atoms. The van der Waals surface area contributed by atoms with Gasteiger partial charge in [0.15, 0.2) is 12.2 Å². The van der Waals surface area contributed by atoms with E-state index in [1.54, 1.807) is 19.1 Å². The fraction of sp³-hybridized carbons (Fsp3) is 0.484. The Labute approximate surface area is 441 Å². The number of hydrogen-bond donors (Lipinski definition) is 3. The van der Waals surface area contributed by atoms with E-state index in [2.05, 4.69) is 91.0 Å². The maximum atomic E-state index is 15.4. The van der Waals surface area contributed by atoms with Crippen molar-refractivity contribution in [2.75, 3.05) is 26.9 Å². The van der Waals surface area contributed by atoms with Gasteiger partial charge in [0.05, 0.1) is 25.4 Å². The van der Waals surface area contributed by atoms with Gasteiger partial charge in [-0.3, -0.25) is 4.79 Å². The van der Waals surface area contributed by atoms with Gasteiger partial charge in [-0.15, -0.1) is 0 Å². The van der Waals surface area contributed by atoms with Crippen molar-refractivity contribution in [3.05, 3.63) is 169 Å². The van der Waals surface area contributed by atoms with Crippen LogP contribution in [0.3, 0.4) is 0 Å². The number of allylic oxidation sites excluding steroid dienone is 2. The Bertz CT molecular complexity index is 2950. The zero-order valence-electron chi connectivity index (χ0n) is 43.9. The highest BCUT2D eigenvalue weighted by atomic mass is 16.6. The van der Waals surface area contributed by atoms with E-state index in [1.165, 1.54) is 43.1 Å². The second kappa shape index (κ2) is 22.8. The van der Waals surface area contributed by atoms with Crippen LogP contribution in [0, 0.1) is 11.8 Å². The molecule has 396 valence electrons. The minimum Gasteiger partial charge on any atom is -0.483 e. The van der Waals surface area contributed by atoms with Crippen LogP contribution < -0.4 is 10.4 Å². The number of aliphatic hydroxyl groups is 3. The highest BCUT2D eigenvalue weighted by molar-refractivity contribution is 5.90. The third-order valence-electron chi connectivity index (χ3n) is 18.0. The number of methoxy groups -OCH3 is 1. The quantitative estimate of drug-likeness (QED) is 0.0500. The Kier molecular flexibility index (Phi) is 16.0. The number of carbonyl (C=O) groups excluding carboxylic acids is 2. The Morgan fingerprint density at radius 1 is 0.800 bits per heavy atom. The van der Waals surface area contributed by atoms with E-state index in [0.29, 0.717) is 40.7 Å². The monoisotopic (exact) mass is 1020 g/mol. The van der Waals surface area contributed by atoms with Crippen LogP contribution >= 0.6 is 0 Å². The molecule has 0 radical (unpaired) electrons. The van der Waals surface area contributed by atoms with Gasteiger partial charge < -0.3 is 38.7 Å². The summed E-state index contributed by atoms with van der Waals surface area (Å²) in [4.78, 5) is 44.8. The average Bonchev–Trinajstić information content (AvgIpc) is 3.45. The number of carbonyl (C=O) groups is 2. The molecule has 4 heterocycles. The van der Waals surface area contributed by atoms with E-state index >= 15 is 4.79 Å². The molecular formula is C64H74O11. The number of benzene rings is 4. The molecule has 3 aliphatic carbocycles. The Balaban J connectivity index is 1.10. The van der Waals surface area contributed by atoms with Crippen LogP contribution in [0.2, 0.25) is 0 Å². The molecule has 11 rings (SSSR count). The van der Waals surface area contributed by atoms with Crippen molar-refractivity contribution in [3.63, 3.8) is 0 Å². The van der Waals surface area contributed by atoms with Crippen molar-refractivity contribution in [1.82, 2.24) is 0 Å². The topological polar surface area (TPSA) is 162 Å². The molecule has 7 atom stereocenters. The summed E-state index contributed by atoms with van der Waals surface area (Å²) < 4.78 is 32.7. The first-order valence-corrected chi connectivity index (χ1v) is 27.6. The van der Waals surface area contributed by atoms with Crippen molar-refractivity contribution in [1.29, 1.82) is 0 Å². The molecule has 4 aromatic carbocycles. The maximum Gasteiger partial charge on any atom is 0.340 e. The highest BCUT2D eigenvalue weighted by Crippen LogP contribution is 2.53. The van der Waals surface area contributed by atoms with Crippen LogP contribution in [-0.2, 0) is 42.2 Å². The van der Waals surface area contributed by atoms with Crippen LogP contribution in [0.15, 0.2) is 124 Å². The normalized spacial score (nSPS) is 26.3. The van der Waals surface area contributed by atoms with Gasteiger partial charge in [0.1, 0.15) is 16.9 Å². The molecule has 0 unspecified atom stereocenters. The summed E-state index contributed by atoms with van der Waals surface area (Å²) >= 11 is 0. The minimum absolute atomic E-state index is 0.0180. The predicted octanol–water partition coefficient (Wildman–Crippen LogP) is 11.7. The SMILES string of the molecule is COC[C@@H](CCO)c1c(CO)c2ccc3c(c2oc1=O)[C@H]1OC(=O)C[C@H]2C[C@H](c4cccc(C5(c6ccccc6)CCCCC5)c4)C=C[C@H]2c2ccc(cc2)CC/C(=C(\C)CO)C(=O)O[C@@H]1[C@](C)(C1CCCCC1)O3. The molecule has 3 aliphatic heterocycles. The molecule has 6 aliphatic rings. The second-order valence-electron chi connectivity index (χ2n) is 22.3. The molecule has 1 aromatic heterocycles. The second-order valence-corrected chi connectivity index (χ2v) is 22.3. The maximum absolute atomic E-state index is 15.4. The Morgan fingerprint density at radius 3 is 2.27 bits per heavy atom. The molecule has 0 amide bonds. The van der Waals surface area contributed by atoms with Crippen molar-refractivity contribution in [3.8, 4) is 5.75 Å². The van der Waals surface area contributed by atoms with Gasteiger partial charge in [0, 0.05) is 65.7 Å². The highest BCUT2D eigenvalue weighted by Gasteiger charge is 2.57. The van der Waals surface area contributed by atoms with Crippen molar-refractivity contribution in [2.24, 2.45) is 11.8 Å². The summed E-state index contributed by atoms with van der Waals surface area (Å²) in [6.45, 7) is 2.65. The van der Waals surface area contributed by atoms with E-state index in [1.807, 2.05) is 6.92 Å². The van der Waals surface area contributed by atoms with Crippen molar-refractivity contribution >= 4 is 22.9 Å². The summed E-state index contributed by atoms with van der Waals surface area (Å²) in [6, 6.07) is 32.0. The zero-order chi connectivity index (χ0) is 52.3. The largest absolute Gasteiger partial charge is 0.483 e. The summed E-state index contributed by atoms with van der Waals surface area (Å²) in [6.07, 6.45) is 14.0. The standard InChI is InChI=1S/C64H74O11/c1-40(37-66)50-26-22-41-20-23-42(24-21-41)51-27-25-44(43-14-13-19-49(35-43)64(31-11-6-12-32-64)48-17-9-5-10-18-48)34-46(51)36-55(68)72-59-57-54(75-63(2,60(59)74-61(50)69)47-15-7-4-8-16-47)29-28-52-53(38-67)56(62(70)73-58(52)57)45(30-33-65)39-71-3/h5,9-10,13-14,17-21,23-25,27-29,35,44-47,51,59-60,65-67H,4,6-8,11-12,15-16,22,26,30-34,36-39H2,1-3H3/b50-40-/t44-,45-,46-,51+,59-,60+,63+/m1/s1. The fourth-order valence-electron chi connectivity index (χ4n) is 13.9. The lowest BCUT2D eigenvalue weighted by Gasteiger charge is -2.50. The number of ether oxygens (including phenoxy) is 4. The van der Waals surface area contributed by atoms with Gasteiger partial charge in [-0.1, -0.05) is 130 Å². The van der Waals surface area contributed by atoms with E-state index in [0.717, 1.165) is 56.1 Å². The molecule has 2 saturated carbocycles. The van der Waals surface area contributed by atoms with Crippen LogP contribution in [0.5, 0.6) is 5.75 Å². The fourth-order valence-corrected chi connectivity index (χ4v) is 13.9. The van der Waals surface area contributed by atoms with E-state index in [-0.39, 0.29) is 84.9 Å². The number of hydrogen-bond acceptors (Lipinski definition) is 11. The van der Waals surface area contributed by atoms with Crippen LogP contribution in [-0.4, -0.2) is 65.9 Å². The summed E-state index contributed by atoms with van der Waals surface area (Å²) in [7, 11) is 1.51. The van der Waals surface area contributed by atoms with Gasteiger partial charge in [0.2, 0.25) is 0 Å². The predicted molar refractivity (Wildman–Crippen MR) is 288 cm³/mol. The molecule has 2 fully saturated rings. The first kappa shape index (κ1) is 52.6. The molecule has 11 heteroatoms. The molecule has 0 spiro atoms. The third-order valence-corrected chi connectivity index (χ3v) is 18.0. The number of esters is 2. The van der Waals surface area contributed by atoms with Gasteiger partial charge in [-0.2, -0.15) is 0 Å². The van der Waals surface area contributed by atoms with Crippen LogP contribution in [0.4, 0.5) is 0 Å². The van der Waals surface area contributed by atoms with Gasteiger partial charge in [-0.05, 0) is 122 Å². The molecule has 5 aromatic rings. The van der Waals surface area contributed by atoms with E-state index in [9.17, 15) is 24.9 Å². The van der Waals surface area contributed by atoms with Gasteiger partial charge in [-0.25, -0.2) is 9.59 Å². The lowest BCUT2D eigenvalue weighted by Crippen LogP contribution is -2.58. The summed E-state index contributed by atoms with van der Waals surface area (Å²) in [5.74, 6) is -1.83. The Hall–Kier alpha value is -5.85. The number of rotatable bonds is 11. The lowest BCUT2D eigenvalue weighted by atomic mass is 9.64. The third kappa shape index (κ3) is 10.3. The van der Waals surface area contributed by atoms with Crippen LogP contribution in [0.1, 0.15) is 172 Å². The van der Waals surface area contributed by atoms with E-state index < -0.39 is 47.9 Å². The molecular weight excluding hydrogens is 945 g/mol. The number of aryl methyl sites for hydroxylation is 1. The smallest absolute Gasteiger partial charge is 0.340 e. The van der Waals surface area contributed by atoms with Crippen molar-refractivity contribution in [2.45, 2.75) is 158 Å². The number of aliphatic hydroxyl groups excluding tert-OH is 3. The number of fused-ring (bicyclic) bond motifs is 11. The molecule has 3 N–H and O–H groups in total. The average molecular weight is 1020 g/mol.